The SMILES string of the molecule is O=C(CN1C(=O)N/C(=C\c2cc(-c3ccc(C(=O)O)cc3)cs2)C1=O)Nc1ccccc1. The summed E-state index contributed by atoms with van der Waals surface area (Å²) in [6.07, 6.45) is 1.55. The zero-order valence-corrected chi connectivity index (χ0v) is 17.4. The van der Waals surface area contributed by atoms with Gasteiger partial charge in [0.15, 0.2) is 0 Å². The molecule has 0 saturated carbocycles. The summed E-state index contributed by atoms with van der Waals surface area (Å²) in [4.78, 5) is 49.6. The average molecular weight is 447 g/mol. The lowest BCUT2D eigenvalue weighted by Crippen LogP contribution is -2.38. The van der Waals surface area contributed by atoms with Crippen molar-refractivity contribution in [3.8, 4) is 11.1 Å². The highest BCUT2D eigenvalue weighted by molar-refractivity contribution is 7.11. The molecule has 0 unspecified atom stereocenters. The summed E-state index contributed by atoms with van der Waals surface area (Å²) < 4.78 is 0. The molecule has 4 rings (SSSR count). The Labute approximate surface area is 186 Å². The van der Waals surface area contributed by atoms with Crippen molar-refractivity contribution in [1.82, 2.24) is 10.2 Å². The first-order chi connectivity index (χ1) is 15.4. The molecule has 8 nitrogen and oxygen atoms in total. The molecule has 3 aromatic rings. The van der Waals surface area contributed by atoms with Crippen LogP contribution in [0.2, 0.25) is 0 Å². The fourth-order valence-electron chi connectivity index (χ4n) is 3.11. The number of aromatic carboxylic acids is 1. The number of nitrogens with zero attached hydrogens (tertiary/aromatic N) is 1. The van der Waals surface area contributed by atoms with Gasteiger partial charge in [-0.2, -0.15) is 0 Å². The summed E-state index contributed by atoms with van der Waals surface area (Å²) in [5, 5.41) is 16.0. The summed E-state index contributed by atoms with van der Waals surface area (Å²) >= 11 is 1.37. The van der Waals surface area contributed by atoms with E-state index in [0.717, 1.165) is 20.9 Å². The molecule has 3 N–H and O–H groups in total. The molecule has 1 saturated heterocycles. The number of nitrogens with one attached hydrogen (secondary N) is 2. The molecule has 2 heterocycles. The van der Waals surface area contributed by atoms with Gasteiger partial charge in [-0.1, -0.05) is 30.3 Å². The minimum absolute atomic E-state index is 0.0807. The molecule has 2 aromatic carbocycles. The molecular formula is C23H17N3O5S. The number of carboxylic acid groups (broad SMARTS) is 1. The van der Waals surface area contributed by atoms with Crippen LogP contribution < -0.4 is 10.6 Å². The van der Waals surface area contributed by atoms with Gasteiger partial charge in [0.2, 0.25) is 5.91 Å². The van der Waals surface area contributed by atoms with E-state index in [1.807, 2.05) is 17.5 Å². The summed E-state index contributed by atoms with van der Waals surface area (Å²) in [6.45, 7) is -0.400. The third kappa shape index (κ3) is 4.57. The van der Waals surface area contributed by atoms with Gasteiger partial charge < -0.3 is 15.7 Å². The van der Waals surface area contributed by atoms with Crippen molar-refractivity contribution in [3.05, 3.63) is 82.2 Å². The smallest absolute Gasteiger partial charge is 0.335 e. The maximum absolute atomic E-state index is 12.6. The number of urea groups is 1. The van der Waals surface area contributed by atoms with Crippen LogP contribution in [0.25, 0.3) is 17.2 Å². The summed E-state index contributed by atoms with van der Waals surface area (Å²) in [7, 11) is 0. The summed E-state index contributed by atoms with van der Waals surface area (Å²) in [5.74, 6) is -2.06. The van der Waals surface area contributed by atoms with Crippen LogP contribution in [-0.4, -0.2) is 40.4 Å². The summed E-state index contributed by atoms with van der Waals surface area (Å²) in [5.41, 5.74) is 2.54. The standard InChI is InChI=1S/C23H17N3O5S/c27-20(24-17-4-2-1-3-5-17)12-26-21(28)19(25-23(26)31)11-18-10-16(13-32-18)14-6-8-15(9-7-14)22(29)30/h1-11,13H,12H2,(H,24,27)(H,25,31)(H,29,30)/b19-11-. The fourth-order valence-corrected chi connectivity index (χ4v) is 3.96. The van der Waals surface area contributed by atoms with Crippen LogP contribution in [0.5, 0.6) is 0 Å². The van der Waals surface area contributed by atoms with Gasteiger partial charge in [-0.25, -0.2) is 14.5 Å². The normalized spacial score (nSPS) is 14.5. The van der Waals surface area contributed by atoms with E-state index in [2.05, 4.69) is 10.6 Å². The molecule has 0 radical (unpaired) electrons. The zero-order chi connectivity index (χ0) is 22.7. The number of hydrogen-bond acceptors (Lipinski definition) is 5. The Morgan fingerprint density at radius 1 is 1.03 bits per heavy atom. The third-order valence-electron chi connectivity index (χ3n) is 4.69. The lowest BCUT2D eigenvalue weighted by Gasteiger charge is -2.11. The minimum Gasteiger partial charge on any atom is -0.478 e. The van der Waals surface area contributed by atoms with Crippen molar-refractivity contribution in [1.29, 1.82) is 0 Å². The first kappa shape index (κ1) is 21.0. The average Bonchev–Trinajstić information content (AvgIpc) is 3.35. The highest BCUT2D eigenvalue weighted by atomic mass is 32.1. The Hall–Kier alpha value is -4.24. The number of carboxylic acids is 1. The molecule has 1 aliphatic rings. The molecule has 0 atom stereocenters. The molecule has 1 aliphatic heterocycles. The number of rotatable bonds is 6. The molecule has 1 fully saturated rings. The van der Waals surface area contributed by atoms with Crippen LogP contribution in [0.4, 0.5) is 10.5 Å². The molecule has 160 valence electrons. The molecule has 0 bridgehead atoms. The van der Waals surface area contributed by atoms with Crippen molar-refractivity contribution in [3.63, 3.8) is 0 Å². The van der Waals surface area contributed by atoms with Crippen molar-refractivity contribution < 1.29 is 24.3 Å². The monoisotopic (exact) mass is 447 g/mol. The third-order valence-corrected chi connectivity index (χ3v) is 5.57. The Morgan fingerprint density at radius 3 is 2.44 bits per heavy atom. The Kier molecular flexibility index (Phi) is 5.82. The number of imide groups is 1. The lowest BCUT2D eigenvalue weighted by atomic mass is 10.1. The number of anilines is 1. The van der Waals surface area contributed by atoms with E-state index in [1.165, 1.54) is 23.5 Å². The van der Waals surface area contributed by atoms with Gasteiger partial charge in [0.25, 0.3) is 5.91 Å². The number of carbonyl (C=O) groups excluding carboxylic acids is 3. The van der Waals surface area contributed by atoms with Gasteiger partial charge in [0, 0.05) is 10.6 Å². The first-order valence-corrected chi connectivity index (χ1v) is 10.4. The predicted octanol–water partition coefficient (Wildman–Crippen LogP) is 3.64. The number of carbonyl (C=O) groups is 4. The van der Waals surface area contributed by atoms with Gasteiger partial charge in [0.1, 0.15) is 12.2 Å². The van der Waals surface area contributed by atoms with Gasteiger partial charge in [0.05, 0.1) is 5.56 Å². The summed E-state index contributed by atoms with van der Waals surface area (Å²) in [6, 6.07) is 16.4. The second kappa shape index (κ2) is 8.86. The molecule has 1 aromatic heterocycles. The van der Waals surface area contributed by atoms with E-state index in [-0.39, 0.29) is 11.3 Å². The van der Waals surface area contributed by atoms with Crippen molar-refractivity contribution in [2.45, 2.75) is 0 Å². The predicted molar refractivity (Wildman–Crippen MR) is 120 cm³/mol. The van der Waals surface area contributed by atoms with Gasteiger partial charge >= 0.3 is 12.0 Å². The van der Waals surface area contributed by atoms with Crippen molar-refractivity contribution in [2.75, 3.05) is 11.9 Å². The highest BCUT2D eigenvalue weighted by Gasteiger charge is 2.35. The van der Waals surface area contributed by atoms with Crippen LogP contribution in [0.15, 0.2) is 71.7 Å². The molecular weight excluding hydrogens is 430 g/mol. The molecule has 0 spiro atoms. The van der Waals surface area contributed by atoms with E-state index in [1.54, 1.807) is 42.5 Å². The zero-order valence-electron chi connectivity index (χ0n) is 16.6. The Balaban J connectivity index is 1.45. The van der Waals surface area contributed by atoms with Crippen LogP contribution in [0.1, 0.15) is 15.2 Å². The number of thiophene rings is 1. The van der Waals surface area contributed by atoms with Crippen LogP contribution in [-0.2, 0) is 9.59 Å². The Bertz CT molecular complexity index is 1230. The fraction of sp³-hybridized carbons (Fsp3) is 0.0435. The van der Waals surface area contributed by atoms with Crippen LogP contribution >= 0.6 is 11.3 Å². The maximum Gasteiger partial charge on any atom is 0.335 e. The van der Waals surface area contributed by atoms with E-state index in [9.17, 15) is 19.2 Å². The molecule has 9 heteroatoms. The second-order valence-corrected chi connectivity index (χ2v) is 7.86. The van der Waals surface area contributed by atoms with E-state index in [4.69, 9.17) is 5.11 Å². The highest BCUT2D eigenvalue weighted by Crippen LogP contribution is 2.28. The second-order valence-electron chi connectivity index (χ2n) is 6.91. The van der Waals surface area contributed by atoms with E-state index < -0.39 is 30.4 Å². The van der Waals surface area contributed by atoms with Gasteiger partial charge in [-0.3, -0.25) is 9.59 Å². The van der Waals surface area contributed by atoms with E-state index in [0.29, 0.717) is 5.69 Å². The first-order valence-electron chi connectivity index (χ1n) is 9.52. The number of hydrogen-bond donors (Lipinski definition) is 3. The van der Waals surface area contributed by atoms with E-state index >= 15 is 0 Å². The quantitative estimate of drug-likeness (QED) is 0.394. The van der Waals surface area contributed by atoms with Gasteiger partial charge in [-0.05, 0) is 52.9 Å². The number of para-hydroxylation sites is 1. The molecule has 32 heavy (non-hydrogen) atoms. The largest absolute Gasteiger partial charge is 0.478 e. The van der Waals surface area contributed by atoms with Crippen molar-refractivity contribution in [2.24, 2.45) is 0 Å². The van der Waals surface area contributed by atoms with Crippen LogP contribution in [0, 0.1) is 0 Å². The molecule has 4 amide bonds. The van der Waals surface area contributed by atoms with Crippen LogP contribution in [0.3, 0.4) is 0 Å². The number of benzene rings is 2. The Morgan fingerprint density at radius 2 is 1.75 bits per heavy atom. The van der Waals surface area contributed by atoms with Gasteiger partial charge in [-0.15, -0.1) is 11.3 Å². The lowest BCUT2D eigenvalue weighted by molar-refractivity contribution is -0.127. The molecule has 0 aliphatic carbocycles. The topological polar surface area (TPSA) is 116 Å². The maximum atomic E-state index is 12.6. The minimum atomic E-state index is -0.996. The number of amides is 4. The van der Waals surface area contributed by atoms with Crippen molar-refractivity contribution >= 4 is 46.9 Å².